The Morgan fingerprint density at radius 3 is 2.27 bits per heavy atom. The molecule has 0 radical (unpaired) electrons. The molecule has 2 amide bonds. The number of alkyl carbamates (subject to hydrolysis) is 1. The maximum absolute atomic E-state index is 13.0. The van der Waals surface area contributed by atoms with Gasteiger partial charge in [-0.3, -0.25) is 9.59 Å². The number of aliphatic hydroxyl groups is 1. The number of ketones is 1. The van der Waals surface area contributed by atoms with Crippen molar-refractivity contribution < 1.29 is 24.2 Å². The zero-order chi connectivity index (χ0) is 24.6. The minimum atomic E-state index is -0.698. The van der Waals surface area contributed by atoms with Gasteiger partial charge in [0.2, 0.25) is 5.91 Å². The van der Waals surface area contributed by atoms with Crippen molar-refractivity contribution in [3.8, 4) is 0 Å². The summed E-state index contributed by atoms with van der Waals surface area (Å²) < 4.78 is 5.32. The van der Waals surface area contributed by atoms with Crippen LogP contribution in [0.2, 0.25) is 0 Å². The van der Waals surface area contributed by atoms with E-state index >= 15 is 0 Å². The minimum absolute atomic E-state index is 0.00510. The van der Waals surface area contributed by atoms with Crippen LogP contribution in [-0.2, 0) is 14.3 Å². The predicted molar refractivity (Wildman–Crippen MR) is 131 cm³/mol. The Hall–Kier alpha value is -1.63. The van der Waals surface area contributed by atoms with Gasteiger partial charge in [-0.25, -0.2) is 4.79 Å². The fraction of sp³-hybridized carbons (Fsp3) is 0.885. The average molecular weight is 469 g/mol. The van der Waals surface area contributed by atoms with Gasteiger partial charge >= 0.3 is 6.09 Å². The fourth-order valence-electron chi connectivity index (χ4n) is 4.41. The molecule has 33 heavy (non-hydrogen) atoms. The lowest BCUT2D eigenvalue weighted by Crippen LogP contribution is -2.43. The second kappa shape index (κ2) is 16.9. The van der Waals surface area contributed by atoms with E-state index in [1.54, 1.807) is 6.92 Å². The van der Waals surface area contributed by atoms with Crippen LogP contribution in [0.1, 0.15) is 105 Å². The molecule has 1 rings (SSSR count). The van der Waals surface area contributed by atoms with E-state index in [0.717, 1.165) is 25.7 Å². The highest BCUT2D eigenvalue weighted by atomic mass is 16.5. The summed E-state index contributed by atoms with van der Waals surface area (Å²) in [5.74, 6) is -0.370. The number of hydrogen-bond donors (Lipinski definition) is 3. The van der Waals surface area contributed by atoms with Crippen LogP contribution >= 0.6 is 0 Å². The van der Waals surface area contributed by atoms with Crippen LogP contribution in [0, 0.1) is 17.8 Å². The number of nitrogens with one attached hydrogen (secondary N) is 2. The highest BCUT2D eigenvalue weighted by Crippen LogP contribution is 2.26. The third kappa shape index (κ3) is 13.0. The Bertz CT molecular complexity index is 579. The average Bonchev–Trinajstić information content (AvgIpc) is 3.15. The number of carbonyl (C=O) groups excluding carboxylic acids is 3. The van der Waals surface area contributed by atoms with Crippen LogP contribution < -0.4 is 10.6 Å². The molecule has 0 spiro atoms. The fourth-order valence-corrected chi connectivity index (χ4v) is 4.41. The standard InChI is InChI=1S/C26H48N2O5/c1-5-6-7-8-9-10-11-12-15-33-26(32)28-23(16-19(2)3)24(30)18-22(20(4)29)17-21-13-14-27-25(21)31/h19-23,29H,5-18H2,1-4H3,(H,27,31)(H,28,32)/t20?,21-,22+,23-/m0/s1. The molecule has 0 aliphatic carbocycles. The molecule has 1 unspecified atom stereocenters. The summed E-state index contributed by atoms with van der Waals surface area (Å²) in [5.41, 5.74) is 0. The van der Waals surface area contributed by atoms with Crippen molar-refractivity contribution in [2.45, 2.75) is 117 Å². The van der Waals surface area contributed by atoms with Gasteiger partial charge in [0.05, 0.1) is 18.8 Å². The molecular weight excluding hydrogens is 420 g/mol. The molecule has 1 fully saturated rings. The van der Waals surface area contributed by atoms with Gasteiger partial charge in [0.1, 0.15) is 0 Å². The molecule has 1 heterocycles. The maximum Gasteiger partial charge on any atom is 0.407 e. The van der Waals surface area contributed by atoms with Crippen molar-refractivity contribution in [3.63, 3.8) is 0 Å². The first-order chi connectivity index (χ1) is 15.7. The van der Waals surface area contributed by atoms with Gasteiger partial charge < -0.3 is 20.5 Å². The quantitative estimate of drug-likeness (QED) is 0.252. The highest BCUT2D eigenvalue weighted by Gasteiger charge is 2.32. The molecule has 192 valence electrons. The monoisotopic (exact) mass is 468 g/mol. The van der Waals surface area contributed by atoms with Crippen LogP contribution in [0.25, 0.3) is 0 Å². The SMILES string of the molecule is CCCCCCCCCCOC(=O)N[C@@H](CC(C)C)C(=O)C[C@@H](C[C@@H]1CCNC1=O)C(C)O. The Balaban J connectivity index is 2.44. The van der Waals surface area contributed by atoms with Gasteiger partial charge in [-0.1, -0.05) is 65.7 Å². The maximum atomic E-state index is 13.0. The first kappa shape index (κ1) is 29.4. The molecule has 0 saturated carbocycles. The molecule has 0 aromatic heterocycles. The smallest absolute Gasteiger partial charge is 0.407 e. The minimum Gasteiger partial charge on any atom is -0.450 e. The molecular formula is C26H48N2O5. The van der Waals surface area contributed by atoms with Crippen molar-refractivity contribution in [2.24, 2.45) is 17.8 Å². The van der Waals surface area contributed by atoms with Crippen LogP contribution in [0.3, 0.4) is 0 Å². The van der Waals surface area contributed by atoms with Gasteiger partial charge in [0.25, 0.3) is 0 Å². The van der Waals surface area contributed by atoms with E-state index in [1.807, 2.05) is 13.8 Å². The van der Waals surface area contributed by atoms with Gasteiger partial charge in [0.15, 0.2) is 5.78 Å². The number of ether oxygens (including phenoxy) is 1. The molecule has 3 N–H and O–H groups in total. The summed E-state index contributed by atoms with van der Waals surface area (Å²) in [6.45, 7) is 8.88. The van der Waals surface area contributed by atoms with E-state index in [4.69, 9.17) is 4.74 Å². The summed E-state index contributed by atoms with van der Waals surface area (Å²) in [4.78, 5) is 37.2. The summed E-state index contributed by atoms with van der Waals surface area (Å²) >= 11 is 0. The van der Waals surface area contributed by atoms with Crippen LogP contribution in [0.5, 0.6) is 0 Å². The molecule has 0 bridgehead atoms. The summed E-state index contributed by atoms with van der Waals surface area (Å²) in [7, 11) is 0. The first-order valence-corrected chi connectivity index (χ1v) is 13.2. The van der Waals surface area contributed by atoms with E-state index in [2.05, 4.69) is 17.6 Å². The van der Waals surface area contributed by atoms with Crippen molar-refractivity contribution in [3.05, 3.63) is 0 Å². The molecule has 1 aliphatic heterocycles. The lowest BCUT2D eigenvalue weighted by molar-refractivity contribution is -0.126. The molecule has 7 heteroatoms. The Morgan fingerprint density at radius 2 is 1.73 bits per heavy atom. The third-order valence-corrected chi connectivity index (χ3v) is 6.51. The molecule has 1 saturated heterocycles. The number of Topliss-reactive ketones (excluding diaryl/α,β-unsaturated/α-hetero) is 1. The third-order valence-electron chi connectivity index (χ3n) is 6.51. The van der Waals surface area contributed by atoms with E-state index in [-0.39, 0.29) is 35.9 Å². The van der Waals surface area contributed by atoms with Gasteiger partial charge in [-0.05, 0) is 44.4 Å². The summed E-state index contributed by atoms with van der Waals surface area (Å²) in [6, 6.07) is -0.644. The number of carbonyl (C=O) groups is 3. The highest BCUT2D eigenvalue weighted by molar-refractivity contribution is 5.87. The van der Waals surface area contributed by atoms with Crippen molar-refractivity contribution in [1.29, 1.82) is 0 Å². The van der Waals surface area contributed by atoms with E-state index in [0.29, 0.717) is 26.0 Å². The van der Waals surface area contributed by atoms with Crippen molar-refractivity contribution >= 4 is 17.8 Å². The number of hydrogen-bond acceptors (Lipinski definition) is 5. The predicted octanol–water partition coefficient (Wildman–Crippen LogP) is 4.75. The van der Waals surface area contributed by atoms with E-state index < -0.39 is 18.2 Å². The van der Waals surface area contributed by atoms with E-state index in [1.165, 1.54) is 32.1 Å². The first-order valence-electron chi connectivity index (χ1n) is 13.2. The second-order valence-corrected chi connectivity index (χ2v) is 10.1. The largest absolute Gasteiger partial charge is 0.450 e. The van der Waals surface area contributed by atoms with Crippen LogP contribution in [0.4, 0.5) is 4.79 Å². The van der Waals surface area contributed by atoms with Crippen molar-refractivity contribution in [2.75, 3.05) is 13.2 Å². The zero-order valence-electron chi connectivity index (χ0n) is 21.4. The topological polar surface area (TPSA) is 105 Å². The van der Waals surface area contributed by atoms with Crippen molar-refractivity contribution in [1.82, 2.24) is 10.6 Å². The Morgan fingerprint density at radius 1 is 1.09 bits per heavy atom. The number of unbranched alkanes of at least 4 members (excludes halogenated alkanes) is 7. The lowest BCUT2D eigenvalue weighted by atomic mass is 9.84. The molecule has 1 aliphatic rings. The van der Waals surface area contributed by atoms with Gasteiger partial charge in [-0.2, -0.15) is 0 Å². The number of amides is 2. The molecule has 4 atom stereocenters. The number of rotatable bonds is 18. The summed E-state index contributed by atoms with van der Waals surface area (Å²) in [5, 5.41) is 15.8. The summed E-state index contributed by atoms with van der Waals surface area (Å²) in [6.07, 6.45) is 9.98. The Kier molecular flexibility index (Phi) is 15.1. The van der Waals surface area contributed by atoms with Crippen LogP contribution in [0.15, 0.2) is 0 Å². The molecule has 0 aromatic rings. The van der Waals surface area contributed by atoms with Gasteiger partial charge in [0, 0.05) is 18.9 Å². The number of aliphatic hydroxyl groups excluding tert-OH is 1. The zero-order valence-corrected chi connectivity index (χ0v) is 21.4. The second-order valence-electron chi connectivity index (χ2n) is 10.1. The lowest BCUT2D eigenvalue weighted by Gasteiger charge is -2.25. The molecule has 7 nitrogen and oxygen atoms in total. The van der Waals surface area contributed by atoms with Gasteiger partial charge in [-0.15, -0.1) is 0 Å². The Labute approximate surface area is 200 Å². The molecule has 0 aromatic carbocycles. The normalized spacial score (nSPS) is 18.6. The van der Waals surface area contributed by atoms with Crippen LogP contribution in [-0.4, -0.2) is 48.2 Å². The van der Waals surface area contributed by atoms with E-state index in [9.17, 15) is 19.5 Å².